The number of nitrogens with one attached hydrogen (secondary N) is 1. The highest BCUT2D eigenvalue weighted by molar-refractivity contribution is 5.92. The van der Waals surface area contributed by atoms with Crippen LogP contribution in [-0.2, 0) is 13.1 Å². The zero-order valence-corrected chi connectivity index (χ0v) is 15.0. The minimum atomic E-state index is -1.01. The van der Waals surface area contributed by atoms with Crippen molar-refractivity contribution in [1.29, 1.82) is 0 Å². The first kappa shape index (κ1) is 19.3. The number of carboxylic acids is 1. The number of halogens is 1. The Morgan fingerprint density at radius 3 is 2.29 bits per heavy atom. The first-order valence-corrected chi connectivity index (χ1v) is 8.80. The monoisotopic (exact) mass is 385 g/mol. The molecule has 3 amide bonds. The number of aromatic carboxylic acids is 1. The lowest BCUT2D eigenvalue weighted by atomic mass is 10.1. The van der Waals surface area contributed by atoms with E-state index in [-0.39, 0.29) is 36.3 Å². The zero-order chi connectivity index (χ0) is 20.3. The highest BCUT2D eigenvalue weighted by Gasteiger charge is 2.33. The maximum absolute atomic E-state index is 14.3. The van der Waals surface area contributed by atoms with Crippen LogP contribution >= 0.6 is 0 Å². The van der Waals surface area contributed by atoms with Gasteiger partial charge < -0.3 is 21.1 Å². The second-order valence-corrected chi connectivity index (χ2v) is 6.69. The Balaban J connectivity index is 1.64. The molecule has 1 aliphatic rings. The van der Waals surface area contributed by atoms with Gasteiger partial charge in [0.15, 0.2) is 0 Å². The molecule has 146 valence electrons. The lowest BCUT2D eigenvalue weighted by Crippen LogP contribution is -2.40. The lowest BCUT2D eigenvalue weighted by Gasteiger charge is -2.23. The van der Waals surface area contributed by atoms with Gasteiger partial charge in [0.2, 0.25) is 5.91 Å². The topological polar surface area (TPSA) is 113 Å². The van der Waals surface area contributed by atoms with Gasteiger partial charge in [-0.2, -0.15) is 0 Å². The van der Waals surface area contributed by atoms with E-state index in [0.717, 1.165) is 24.5 Å². The van der Waals surface area contributed by atoms with Crippen LogP contribution in [0.2, 0.25) is 0 Å². The highest BCUT2D eigenvalue weighted by Crippen LogP contribution is 2.29. The van der Waals surface area contributed by atoms with Crippen molar-refractivity contribution in [1.82, 2.24) is 10.2 Å². The number of nitrogens with two attached hydrogens (primary N) is 1. The molecule has 0 unspecified atom stereocenters. The van der Waals surface area contributed by atoms with E-state index in [9.17, 15) is 18.8 Å². The number of carbonyl (C=O) groups excluding carboxylic acids is 2. The van der Waals surface area contributed by atoms with E-state index in [1.807, 2.05) is 0 Å². The van der Waals surface area contributed by atoms with Crippen molar-refractivity contribution >= 4 is 17.9 Å². The molecule has 0 bridgehead atoms. The molecular weight excluding hydrogens is 365 g/mol. The molecule has 7 nitrogen and oxygen atoms in total. The number of hydrogen-bond donors (Lipinski definition) is 3. The van der Waals surface area contributed by atoms with Crippen LogP contribution in [0.1, 0.15) is 44.7 Å². The number of primary amides is 1. The van der Waals surface area contributed by atoms with E-state index in [2.05, 4.69) is 5.32 Å². The second-order valence-electron chi connectivity index (χ2n) is 6.69. The Morgan fingerprint density at radius 2 is 1.75 bits per heavy atom. The number of benzene rings is 2. The molecule has 1 aliphatic carbocycles. The normalized spacial score (nSPS) is 13.0. The molecule has 0 radical (unpaired) electrons. The average molecular weight is 385 g/mol. The predicted molar refractivity (Wildman–Crippen MR) is 99.1 cm³/mol. The van der Waals surface area contributed by atoms with Crippen LogP contribution in [0, 0.1) is 5.82 Å². The fourth-order valence-electron chi connectivity index (χ4n) is 2.81. The van der Waals surface area contributed by atoms with Crippen LogP contribution in [0.5, 0.6) is 0 Å². The molecular formula is C20H20FN3O4. The molecule has 0 atom stereocenters. The van der Waals surface area contributed by atoms with Gasteiger partial charge in [-0.25, -0.2) is 14.0 Å². The summed E-state index contributed by atoms with van der Waals surface area (Å²) in [5.74, 6) is -2.31. The minimum Gasteiger partial charge on any atom is -0.478 e. The van der Waals surface area contributed by atoms with E-state index in [0.29, 0.717) is 5.56 Å². The van der Waals surface area contributed by atoms with Crippen LogP contribution in [0.25, 0.3) is 0 Å². The number of carboxylic acid groups (broad SMARTS) is 1. The van der Waals surface area contributed by atoms with Gasteiger partial charge in [0, 0.05) is 23.7 Å². The number of nitrogens with zero attached hydrogens (tertiary/aromatic N) is 1. The number of urea groups is 1. The summed E-state index contributed by atoms with van der Waals surface area (Å²) in [7, 11) is 0. The van der Waals surface area contributed by atoms with Gasteiger partial charge in [0.25, 0.3) is 0 Å². The van der Waals surface area contributed by atoms with E-state index >= 15 is 0 Å². The van der Waals surface area contributed by atoms with Gasteiger partial charge in [-0.1, -0.05) is 18.2 Å². The Labute approximate surface area is 160 Å². The van der Waals surface area contributed by atoms with Crippen LogP contribution < -0.4 is 11.1 Å². The molecule has 0 spiro atoms. The summed E-state index contributed by atoms with van der Waals surface area (Å²) in [5, 5.41) is 11.7. The maximum Gasteiger partial charge on any atom is 0.335 e. The van der Waals surface area contributed by atoms with Crippen LogP contribution in [0.15, 0.2) is 42.5 Å². The molecule has 0 heterocycles. The Bertz CT molecular complexity index is 910. The van der Waals surface area contributed by atoms with Crippen LogP contribution in [0.4, 0.5) is 9.18 Å². The summed E-state index contributed by atoms with van der Waals surface area (Å²) in [5.41, 5.74) is 6.46. The van der Waals surface area contributed by atoms with Gasteiger partial charge in [-0.15, -0.1) is 0 Å². The van der Waals surface area contributed by atoms with E-state index in [1.54, 1.807) is 17.0 Å². The molecule has 1 fully saturated rings. The molecule has 4 N–H and O–H groups in total. The third-order valence-corrected chi connectivity index (χ3v) is 4.57. The molecule has 2 aromatic carbocycles. The summed E-state index contributed by atoms with van der Waals surface area (Å²) in [6.45, 7) is 0.310. The number of amides is 3. The predicted octanol–water partition coefficient (Wildman–Crippen LogP) is 2.50. The molecule has 0 saturated heterocycles. The minimum absolute atomic E-state index is 0.0459. The quantitative estimate of drug-likeness (QED) is 0.680. The average Bonchev–Trinajstić information content (AvgIpc) is 3.50. The lowest BCUT2D eigenvalue weighted by molar-refractivity contribution is 0.0696. The van der Waals surface area contributed by atoms with Gasteiger partial charge in [0.1, 0.15) is 5.82 Å². The summed E-state index contributed by atoms with van der Waals surface area (Å²) in [4.78, 5) is 36.2. The highest BCUT2D eigenvalue weighted by atomic mass is 19.1. The number of carbonyl (C=O) groups is 3. The molecule has 8 heteroatoms. The summed E-state index contributed by atoms with van der Waals surface area (Å²) in [6.07, 6.45) is 1.70. The van der Waals surface area contributed by atoms with Gasteiger partial charge >= 0.3 is 12.0 Å². The van der Waals surface area contributed by atoms with Crippen molar-refractivity contribution in [2.75, 3.05) is 0 Å². The van der Waals surface area contributed by atoms with Crippen LogP contribution in [0.3, 0.4) is 0 Å². The molecule has 3 rings (SSSR count). The third kappa shape index (κ3) is 4.64. The fourth-order valence-corrected chi connectivity index (χ4v) is 2.81. The van der Waals surface area contributed by atoms with Crippen molar-refractivity contribution in [3.63, 3.8) is 0 Å². The fraction of sp³-hybridized carbons (Fsp3) is 0.250. The molecule has 28 heavy (non-hydrogen) atoms. The molecule has 1 saturated carbocycles. The molecule has 0 aliphatic heterocycles. The molecule has 2 aromatic rings. The van der Waals surface area contributed by atoms with Crippen molar-refractivity contribution in [2.24, 2.45) is 5.73 Å². The van der Waals surface area contributed by atoms with Crippen LogP contribution in [-0.4, -0.2) is 34.0 Å². The van der Waals surface area contributed by atoms with Gasteiger partial charge in [-0.05, 0) is 42.7 Å². The maximum atomic E-state index is 14.3. The Hall–Kier alpha value is -3.42. The van der Waals surface area contributed by atoms with Crippen molar-refractivity contribution < 1.29 is 23.9 Å². The van der Waals surface area contributed by atoms with Crippen molar-refractivity contribution in [3.8, 4) is 0 Å². The second kappa shape index (κ2) is 8.08. The van der Waals surface area contributed by atoms with E-state index < -0.39 is 17.7 Å². The van der Waals surface area contributed by atoms with Crippen molar-refractivity contribution in [2.45, 2.75) is 32.0 Å². The largest absolute Gasteiger partial charge is 0.478 e. The van der Waals surface area contributed by atoms with E-state index in [4.69, 9.17) is 10.8 Å². The summed E-state index contributed by atoms with van der Waals surface area (Å²) < 4.78 is 14.3. The van der Waals surface area contributed by atoms with Gasteiger partial charge in [0.05, 0.1) is 12.1 Å². The zero-order valence-electron chi connectivity index (χ0n) is 15.0. The number of rotatable bonds is 7. The Kier molecular flexibility index (Phi) is 5.58. The standard InChI is InChI=1S/C20H20FN3O4/c21-17-9-14(18(22)25)5-6-15(17)11-24(16-7-8-16)20(28)23-10-12-1-3-13(4-2-12)19(26)27/h1-6,9,16H,7-8,10-11H2,(H2,22,25)(H,23,28)(H,26,27). The first-order valence-electron chi connectivity index (χ1n) is 8.80. The summed E-state index contributed by atoms with van der Waals surface area (Å²) >= 11 is 0. The van der Waals surface area contributed by atoms with E-state index in [1.165, 1.54) is 24.3 Å². The smallest absolute Gasteiger partial charge is 0.335 e. The number of hydrogen-bond acceptors (Lipinski definition) is 3. The van der Waals surface area contributed by atoms with Crippen molar-refractivity contribution in [3.05, 3.63) is 70.5 Å². The van der Waals surface area contributed by atoms with Gasteiger partial charge in [-0.3, -0.25) is 4.79 Å². The SMILES string of the molecule is NC(=O)c1ccc(CN(C(=O)NCc2ccc(C(=O)O)cc2)C2CC2)c(F)c1. The first-order chi connectivity index (χ1) is 13.3. The molecule has 0 aromatic heterocycles. The summed E-state index contributed by atoms with van der Waals surface area (Å²) in [6, 6.07) is 9.89. The Morgan fingerprint density at radius 1 is 1.11 bits per heavy atom. The third-order valence-electron chi connectivity index (χ3n) is 4.57.